The predicted molar refractivity (Wildman–Crippen MR) is 243 cm³/mol. The standard InChI is InChI=1S/C51H53N7/c1-8-58-48-12-10-9-11-47(48)57-50(58)43-29-40(30-56-49(43)53)36-16-14-35(15-17-36)33(5)54-23-24-55-34(6)37-18-21-46(42(28-37)31(2)3)51(7)44-20-13-32(4)25-38(44)26-39-27-41(52)19-22-45(39)51/h9-22,25,27-31,54-55H,5-6,8,23-24,26,52H2,1-4,7H3,(H2,53,56). The molecule has 1 unspecified atom stereocenters. The van der Waals surface area contributed by atoms with Crippen LogP contribution in [0.4, 0.5) is 11.5 Å². The monoisotopic (exact) mass is 763 g/mol. The highest BCUT2D eigenvalue weighted by Gasteiger charge is 2.40. The highest BCUT2D eigenvalue weighted by molar-refractivity contribution is 5.85. The summed E-state index contributed by atoms with van der Waals surface area (Å²) < 4.78 is 2.18. The molecule has 1 aliphatic rings. The van der Waals surface area contributed by atoms with Crippen LogP contribution in [0.15, 0.2) is 129 Å². The largest absolute Gasteiger partial charge is 0.399 e. The fraction of sp³-hybridized carbons (Fsp3) is 0.216. The average Bonchev–Trinajstić information content (AvgIpc) is 3.60. The molecule has 292 valence electrons. The molecule has 1 atom stereocenters. The number of imidazole rings is 1. The van der Waals surface area contributed by atoms with Gasteiger partial charge in [-0.25, -0.2) is 9.97 Å². The fourth-order valence-corrected chi connectivity index (χ4v) is 8.84. The SMILES string of the molecule is C=C(NCCNC(=C)c1ccc(C2(C)c3ccc(C)cc3Cc3cc(N)ccc32)c(C(C)C)c1)c1ccc(-c2cnc(N)c(-c3nc4ccccc4n3CC)c2)cc1. The molecule has 58 heavy (non-hydrogen) atoms. The van der Waals surface area contributed by atoms with Gasteiger partial charge in [0.15, 0.2) is 0 Å². The van der Waals surface area contributed by atoms with Crippen molar-refractivity contribution in [2.24, 2.45) is 0 Å². The summed E-state index contributed by atoms with van der Waals surface area (Å²) in [7, 11) is 0. The molecule has 0 bridgehead atoms. The van der Waals surface area contributed by atoms with E-state index in [9.17, 15) is 0 Å². The minimum absolute atomic E-state index is 0.313. The van der Waals surface area contributed by atoms with Gasteiger partial charge in [-0.1, -0.05) is 105 Å². The van der Waals surface area contributed by atoms with Gasteiger partial charge in [-0.05, 0) is 120 Å². The van der Waals surface area contributed by atoms with Gasteiger partial charge in [0.2, 0.25) is 0 Å². The number of benzene rings is 5. The Labute approximate surface area is 342 Å². The summed E-state index contributed by atoms with van der Waals surface area (Å²) in [5.74, 6) is 1.60. The van der Waals surface area contributed by atoms with Crippen molar-refractivity contribution in [2.75, 3.05) is 24.6 Å². The van der Waals surface area contributed by atoms with Gasteiger partial charge in [0, 0.05) is 53.9 Å². The van der Waals surface area contributed by atoms with E-state index in [2.05, 4.69) is 153 Å². The fourth-order valence-electron chi connectivity index (χ4n) is 8.84. The van der Waals surface area contributed by atoms with Crippen molar-refractivity contribution in [3.05, 3.63) is 179 Å². The topological polar surface area (TPSA) is 107 Å². The molecule has 0 aliphatic heterocycles. The molecule has 8 rings (SSSR count). The third-order valence-electron chi connectivity index (χ3n) is 11.9. The number of pyridine rings is 1. The Morgan fingerprint density at radius 1 is 0.776 bits per heavy atom. The van der Waals surface area contributed by atoms with E-state index in [1.165, 1.54) is 38.9 Å². The molecule has 1 aliphatic carbocycles. The second-order valence-corrected chi connectivity index (χ2v) is 16.0. The Kier molecular flexibility index (Phi) is 10.2. The van der Waals surface area contributed by atoms with Gasteiger partial charge < -0.3 is 26.7 Å². The van der Waals surface area contributed by atoms with E-state index in [4.69, 9.17) is 16.5 Å². The second kappa shape index (κ2) is 15.4. The van der Waals surface area contributed by atoms with Crippen LogP contribution in [0.3, 0.4) is 0 Å². The Hall–Kier alpha value is -6.60. The summed E-state index contributed by atoms with van der Waals surface area (Å²) in [6.45, 7) is 22.2. The molecule has 0 radical (unpaired) electrons. The predicted octanol–water partition coefficient (Wildman–Crippen LogP) is 10.5. The smallest absolute Gasteiger partial charge is 0.144 e. The molecule has 0 saturated heterocycles. The van der Waals surface area contributed by atoms with Crippen LogP contribution in [0.25, 0.3) is 44.9 Å². The van der Waals surface area contributed by atoms with Crippen molar-refractivity contribution in [1.29, 1.82) is 0 Å². The molecule has 6 N–H and O–H groups in total. The Bertz CT molecular complexity index is 2650. The molecule has 7 aromatic rings. The van der Waals surface area contributed by atoms with Crippen LogP contribution < -0.4 is 22.1 Å². The number of nitrogen functional groups attached to an aromatic ring is 2. The van der Waals surface area contributed by atoms with Crippen molar-refractivity contribution in [1.82, 2.24) is 25.2 Å². The van der Waals surface area contributed by atoms with Crippen LogP contribution in [-0.2, 0) is 18.4 Å². The maximum absolute atomic E-state index is 6.41. The molecule has 0 fully saturated rings. The first kappa shape index (κ1) is 38.3. The zero-order valence-corrected chi connectivity index (χ0v) is 34.3. The Balaban J connectivity index is 0.936. The summed E-state index contributed by atoms with van der Waals surface area (Å²) in [5, 5.41) is 7.05. The number of rotatable bonds is 12. The van der Waals surface area contributed by atoms with E-state index in [-0.39, 0.29) is 5.41 Å². The Morgan fingerprint density at radius 3 is 2.16 bits per heavy atom. The first-order chi connectivity index (χ1) is 28.0. The number of hydrogen-bond acceptors (Lipinski definition) is 6. The van der Waals surface area contributed by atoms with Gasteiger partial charge >= 0.3 is 0 Å². The first-order valence-electron chi connectivity index (χ1n) is 20.3. The molecular weight excluding hydrogens is 711 g/mol. The molecule has 0 saturated carbocycles. The number of anilines is 2. The number of nitrogens with zero attached hydrogens (tertiary/aromatic N) is 3. The molecule has 2 heterocycles. The van der Waals surface area contributed by atoms with E-state index in [1.807, 2.05) is 30.5 Å². The summed E-state index contributed by atoms with van der Waals surface area (Å²) >= 11 is 0. The van der Waals surface area contributed by atoms with Crippen molar-refractivity contribution in [2.45, 2.75) is 58.9 Å². The van der Waals surface area contributed by atoms with Gasteiger partial charge in [0.05, 0.1) is 16.6 Å². The number of hydrogen-bond donors (Lipinski definition) is 4. The van der Waals surface area contributed by atoms with Crippen LogP contribution in [0.5, 0.6) is 0 Å². The van der Waals surface area contributed by atoms with Crippen LogP contribution in [-0.4, -0.2) is 27.6 Å². The molecule has 0 spiro atoms. The zero-order chi connectivity index (χ0) is 40.7. The molecular formula is C51H53N7. The van der Waals surface area contributed by atoms with Crippen LogP contribution in [0.2, 0.25) is 0 Å². The summed E-state index contributed by atoms with van der Waals surface area (Å²) in [6, 6.07) is 38.8. The first-order valence-corrected chi connectivity index (χ1v) is 20.3. The number of nitrogens with one attached hydrogen (secondary N) is 2. The van der Waals surface area contributed by atoms with Crippen LogP contribution in [0, 0.1) is 6.92 Å². The third kappa shape index (κ3) is 6.91. The highest BCUT2D eigenvalue weighted by Crippen LogP contribution is 2.49. The molecule has 0 amide bonds. The minimum Gasteiger partial charge on any atom is -0.399 e. The summed E-state index contributed by atoms with van der Waals surface area (Å²) in [6.07, 6.45) is 2.71. The van der Waals surface area contributed by atoms with E-state index in [1.54, 1.807) is 0 Å². The van der Waals surface area contributed by atoms with E-state index in [0.717, 1.165) is 74.7 Å². The van der Waals surface area contributed by atoms with Gasteiger partial charge in [-0.2, -0.15) is 0 Å². The average molecular weight is 764 g/mol. The third-order valence-corrected chi connectivity index (χ3v) is 11.9. The highest BCUT2D eigenvalue weighted by atomic mass is 15.1. The molecule has 7 nitrogen and oxygen atoms in total. The van der Waals surface area contributed by atoms with Crippen molar-refractivity contribution in [3.63, 3.8) is 0 Å². The van der Waals surface area contributed by atoms with Gasteiger partial charge in [0.25, 0.3) is 0 Å². The van der Waals surface area contributed by atoms with Gasteiger partial charge in [-0.3, -0.25) is 0 Å². The maximum atomic E-state index is 6.41. The number of nitrogens with two attached hydrogens (primary N) is 2. The minimum atomic E-state index is -0.316. The second-order valence-electron chi connectivity index (χ2n) is 16.0. The van der Waals surface area contributed by atoms with Gasteiger partial charge in [-0.15, -0.1) is 0 Å². The lowest BCUT2D eigenvalue weighted by Gasteiger charge is -2.41. The van der Waals surface area contributed by atoms with Crippen molar-refractivity contribution < 1.29 is 0 Å². The van der Waals surface area contributed by atoms with E-state index < -0.39 is 0 Å². The summed E-state index contributed by atoms with van der Waals surface area (Å²) in [4.78, 5) is 9.47. The van der Waals surface area contributed by atoms with Crippen molar-refractivity contribution in [3.8, 4) is 22.5 Å². The number of para-hydroxylation sites is 2. The maximum Gasteiger partial charge on any atom is 0.144 e. The number of fused-ring (bicyclic) bond motifs is 3. The van der Waals surface area contributed by atoms with E-state index >= 15 is 0 Å². The van der Waals surface area contributed by atoms with Crippen LogP contribution in [0.1, 0.15) is 83.7 Å². The molecule has 2 aromatic heterocycles. The summed E-state index contributed by atoms with van der Waals surface area (Å²) in [5.41, 5.74) is 31.2. The number of aromatic nitrogens is 3. The lowest BCUT2D eigenvalue weighted by atomic mass is 9.62. The van der Waals surface area contributed by atoms with Gasteiger partial charge in [0.1, 0.15) is 11.6 Å². The Morgan fingerprint density at radius 2 is 1.43 bits per heavy atom. The molecule has 7 heteroatoms. The van der Waals surface area contributed by atoms with Crippen molar-refractivity contribution >= 4 is 33.9 Å². The zero-order valence-electron chi connectivity index (χ0n) is 34.3. The molecule has 5 aromatic carbocycles. The normalized spacial score (nSPS) is 14.6. The van der Waals surface area contributed by atoms with E-state index in [0.29, 0.717) is 24.8 Å². The van der Waals surface area contributed by atoms with Crippen LogP contribution >= 0.6 is 0 Å². The lowest BCUT2D eigenvalue weighted by Crippen LogP contribution is -2.33. The lowest BCUT2D eigenvalue weighted by molar-refractivity contribution is 0.639. The quantitative estimate of drug-likeness (QED) is 0.0729. The number of aryl methyl sites for hydroxylation is 2.